The van der Waals surface area contributed by atoms with E-state index in [0.717, 1.165) is 18.4 Å². The minimum atomic E-state index is -0.284. The summed E-state index contributed by atoms with van der Waals surface area (Å²) >= 11 is 11.9. The highest BCUT2D eigenvalue weighted by molar-refractivity contribution is 6.35. The quantitative estimate of drug-likeness (QED) is 0.346. The normalized spacial score (nSPS) is 10.9. The predicted molar refractivity (Wildman–Crippen MR) is 117 cm³/mol. The second kappa shape index (κ2) is 11.6. The van der Waals surface area contributed by atoms with Gasteiger partial charge < -0.3 is 14.8 Å². The Morgan fingerprint density at radius 2 is 1.79 bits per heavy atom. The number of nitrogens with one attached hydrogen (secondary N) is 1. The van der Waals surface area contributed by atoms with Crippen molar-refractivity contribution < 1.29 is 14.3 Å². The van der Waals surface area contributed by atoms with E-state index in [4.69, 9.17) is 32.7 Å². The van der Waals surface area contributed by atoms with E-state index in [9.17, 15) is 4.79 Å². The summed E-state index contributed by atoms with van der Waals surface area (Å²) in [5, 5.41) is 3.65. The number of methoxy groups -OCH3 is 1. The highest BCUT2D eigenvalue weighted by Gasteiger charge is 2.06. The van der Waals surface area contributed by atoms with Crippen LogP contribution in [0.3, 0.4) is 0 Å². The first-order valence-corrected chi connectivity index (χ1v) is 10.0. The molecule has 0 unspecified atom stereocenters. The predicted octanol–water partition coefficient (Wildman–Crippen LogP) is 6.61. The van der Waals surface area contributed by atoms with Crippen LogP contribution in [-0.4, -0.2) is 19.6 Å². The van der Waals surface area contributed by atoms with Gasteiger partial charge in [0.15, 0.2) is 11.5 Å². The van der Waals surface area contributed by atoms with Gasteiger partial charge in [-0.1, -0.05) is 55.5 Å². The number of rotatable bonds is 10. The van der Waals surface area contributed by atoms with E-state index < -0.39 is 0 Å². The van der Waals surface area contributed by atoms with Crippen molar-refractivity contribution in [2.24, 2.45) is 0 Å². The zero-order chi connectivity index (χ0) is 20.4. The van der Waals surface area contributed by atoms with Gasteiger partial charge in [-0.15, -0.1) is 0 Å². The van der Waals surface area contributed by atoms with E-state index in [1.54, 1.807) is 31.4 Å². The molecule has 0 aliphatic rings. The van der Waals surface area contributed by atoms with Crippen molar-refractivity contribution >= 4 is 40.9 Å². The average molecular weight is 422 g/mol. The highest BCUT2D eigenvalue weighted by Crippen LogP contribution is 2.29. The van der Waals surface area contributed by atoms with Crippen LogP contribution in [0.1, 0.15) is 38.2 Å². The van der Waals surface area contributed by atoms with Gasteiger partial charge in [0.05, 0.1) is 13.7 Å². The van der Waals surface area contributed by atoms with E-state index in [1.807, 2.05) is 18.2 Å². The number of halogens is 2. The smallest absolute Gasteiger partial charge is 0.248 e. The second-order valence-corrected chi connectivity index (χ2v) is 7.17. The molecule has 0 aliphatic carbocycles. The Balaban J connectivity index is 1.96. The number of anilines is 1. The summed E-state index contributed by atoms with van der Waals surface area (Å²) in [6.07, 6.45) is 7.73. The van der Waals surface area contributed by atoms with Crippen LogP contribution >= 0.6 is 23.2 Å². The lowest BCUT2D eigenvalue weighted by atomic mass is 10.2. The molecule has 0 radical (unpaired) electrons. The summed E-state index contributed by atoms with van der Waals surface area (Å²) in [5.74, 6) is 1.06. The van der Waals surface area contributed by atoms with Crippen LogP contribution in [0.2, 0.25) is 10.0 Å². The third-order valence-electron chi connectivity index (χ3n) is 4.00. The number of hydrogen-bond donors (Lipinski definition) is 1. The van der Waals surface area contributed by atoms with Crippen LogP contribution in [0.5, 0.6) is 11.5 Å². The van der Waals surface area contributed by atoms with Crippen LogP contribution in [0.25, 0.3) is 6.08 Å². The zero-order valence-electron chi connectivity index (χ0n) is 16.1. The number of unbranched alkanes of at least 4 members (excludes halogenated alkanes) is 3. The van der Waals surface area contributed by atoms with E-state index >= 15 is 0 Å². The number of benzene rings is 2. The number of carbonyl (C=O) groups excluding carboxylic acids is 1. The summed E-state index contributed by atoms with van der Waals surface area (Å²) in [6, 6.07) is 10.4. The number of hydrogen-bond acceptors (Lipinski definition) is 3. The van der Waals surface area contributed by atoms with Crippen molar-refractivity contribution in [3.63, 3.8) is 0 Å². The lowest BCUT2D eigenvalue weighted by Gasteiger charge is -2.11. The Morgan fingerprint density at radius 1 is 1.04 bits per heavy atom. The van der Waals surface area contributed by atoms with E-state index in [2.05, 4.69) is 12.2 Å². The first-order chi connectivity index (χ1) is 13.5. The largest absolute Gasteiger partial charge is 0.493 e. The summed E-state index contributed by atoms with van der Waals surface area (Å²) < 4.78 is 11.2. The molecule has 0 spiro atoms. The molecule has 0 aromatic heterocycles. The first-order valence-electron chi connectivity index (χ1n) is 9.28. The third-order valence-corrected chi connectivity index (χ3v) is 4.44. The highest BCUT2D eigenvalue weighted by atomic mass is 35.5. The lowest BCUT2D eigenvalue weighted by Crippen LogP contribution is -2.07. The van der Waals surface area contributed by atoms with Crippen molar-refractivity contribution in [1.82, 2.24) is 0 Å². The molecule has 0 saturated carbocycles. The maximum Gasteiger partial charge on any atom is 0.248 e. The van der Waals surface area contributed by atoms with Gasteiger partial charge in [0.1, 0.15) is 0 Å². The fourth-order valence-corrected chi connectivity index (χ4v) is 3.13. The summed E-state index contributed by atoms with van der Waals surface area (Å²) in [6.45, 7) is 2.84. The van der Waals surface area contributed by atoms with E-state index in [-0.39, 0.29) is 5.91 Å². The molecular formula is C22H25Cl2NO3. The molecule has 28 heavy (non-hydrogen) atoms. The first kappa shape index (κ1) is 22.1. The molecule has 6 heteroatoms. The van der Waals surface area contributed by atoms with Crippen LogP contribution in [0.15, 0.2) is 42.5 Å². The molecule has 1 N–H and O–H groups in total. The standard InChI is InChI=1S/C22H25Cl2NO3/c1-3-4-5-6-11-28-20-9-7-16(12-21(20)27-2)8-10-22(26)25-19-14-17(23)13-18(24)15-19/h7-10,12-15H,3-6,11H2,1-2H3,(H,25,26). The van der Waals surface area contributed by atoms with E-state index in [0.29, 0.717) is 33.8 Å². The molecule has 0 fully saturated rings. The molecular weight excluding hydrogens is 397 g/mol. The van der Waals surface area contributed by atoms with Crippen LogP contribution in [0.4, 0.5) is 5.69 Å². The molecule has 2 aromatic carbocycles. The molecule has 150 valence electrons. The molecule has 4 nitrogen and oxygen atoms in total. The Hall–Kier alpha value is -2.17. The fraction of sp³-hybridized carbons (Fsp3) is 0.318. The molecule has 0 saturated heterocycles. The maximum absolute atomic E-state index is 12.1. The zero-order valence-corrected chi connectivity index (χ0v) is 17.6. The van der Waals surface area contributed by atoms with Crippen molar-refractivity contribution in [2.75, 3.05) is 19.0 Å². The third kappa shape index (κ3) is 7.45. The molecule has 0 atom stereocenters. The molecule has 2 aromatic rings. The summed E-state index contributed by atoms with van der Waals surface area (Å²) in [7, 11) is 1.60. The molecule has 2 rings (SSSR count). The Bertz CT molecular complexity index is 801. The molecule has 0 bridgehead atoms. The van der Waals surface area contributed by atoms with Crippen LogP contribution in [-0.2, 0) is 4.79 Å². The van der Waals surface area contributed by atoms with Crippen molar-refractivity contribution in [2.45, 2.75) is 32.6 Å². The number of ether oxygens (including phenoxy) is 2. The minimum absolute atomic E-state index is 0.284. The van der Waals surface area contributed by atoms with Gasteiger partial charge in [0.25, 0.3) is 0 Å². The van der Waals surface area contributed by atoms with Gasteiger partial charge in [0, 0.05) is 21.8 Å². The Morgan fingerprint density at radius 3 is 2.46 bits per heavy atom. The molecule has 0 heterocycles. The van der Waals surface area contributed by atoms with Crippen molar-refractivity contribution in [3.8, 4) is 11.5 Å². The summed E-state index contributed by atoms with van der Waals surface area (Å²) in [5.41, 5.74) is 1.37. The van der Waals surface area contributed by atoms with Gasteiger partial charge in [0.2, 0.25) is 5.91 Å². The monoisotopic (exact) mass is 421 g/mol. The Kier molecular flexibility index (Phi) is 9.18. The van der Waals surface area contributed by atoms with Gasteiger partial charge in [-0.25, -0.2) is 0 Å². The fourth-order valence-electron chi connectivity index (χ4n) is 2.60. The molecule has 0 aliphatic heterocycles. The van der Waals surface area contributed by atoms with E-state index in [1.165, 1.54) is 18.9 Å². The minimum Gasteiger partial charge on any atom is -0.493 e. The van der Waals surface area contributed by atoms with Gasteiger partial charge in [-0.05, 0) is 48.4 Å². The average Bonchev–Trinajstić information content (AvgIpc) is 2.66. The Labute approximate surface area is 176 Å². The second-order valence-electron chi connectivity index (χ2n) is 6.30. The van der Waals surface area contributed by atoms with Crippen LogP contribution < -0.4 is 14.8 Å². The topological polar surface area (TPSA) is 47.6 Å². The van der Waals surface area contributed by atoms with Gasteiger partial charge >= 0.3 is 0 Å². The maximum atomic E-state index is 12.1. The van der Waals surface area contributed by atoms with Gasteiger partial charge in [-0.2, -0.15) is 0 Å². The lowest BCUT2D eigenvalue weighted by molar-refractivity contribution is -0.111. The van der Waals surface area contributed by atoms with Crippen molar-refractivity contribution in [1.29, 1.82) is 0 Å². The van der Waals surface area contributed by atoms with Crippen molar-refractivity contribution in [3.05, 3.63) is 58.1 Å². The molecule has 1 amide bonds. The SMILES string of the molecule is CCCCCCOc1ccc(C=CC(=O)Nc2cc(Cl)cc(Cl)c2)cc1OC. The van der Waals surface area contributed by atoms with Crippen LogP contribution in [0, 0.1) is 0 Å². The number of carbonyl (C=O) groups is 1. The van der Waals surface area contributed by atoms with Gasteiger partial charge in [-0.3, -0.25) is 4.79 Å². The summed E-state index contributed by atoms with van der Waals surface area (Å²) in [4.78, 5) is 12.1. The number of amides is 1.